The molecule has 0 radical (unpaired) electrons. The Morgan fingerprint density at radius 1 is 1.19 bits per heavy atom. The molecular formula is C22H24Cl2N2O4S. The monoisotopic (exact) mass is 482 g/mol. The van der Waals surface area contributed by atoms with Gasteiger partial charge in [-0.15, -0.1) is 11.3 Å². The zero-order valence-electron chi connectivity index (χ0n) is 17.0. The number of amides is 2. The summed E-state index contributed by atoms with van der Waals surface area (Å²) < 4.78 is 11.1. The van der Waals surface area contributed by atoms with Crippen LogP contribution in [0.4, 0.5) is 5.00 Å². The minimum atomic E-state index is -0.349. The van der Waals surface area contributed by atoms with Crippen LogP contribution in [0.3, 0.4) is 0 Å². The lowest BCUT2D eigenvalue weighted by Crippen LogP contribution is -2.33. The first kappa shape index (κ1) is 22.4. The molecular weight excluding hydrogens is 459 g/mol. The Morgan fingerprint density at radius 3 is 2.81 bits per heavy atom. The third kappa shape index (κ3) is 5.52. The number of halogens is 2. The lowest BCUT2D eigenvalue weighted by atomic mass is 9.95. The maximum Gasteiger partial charge on any atom is 0.262 e. The van der Waals surface area contributed by atoms with Crippen molar-refractivity contribution in [1.82, 2.24) is 5.32 Å². The van der Waals surface area contributed by atoms with Gasteiger partial charge in [0.1, 0.15) is 10.8 Å². The summed E-state index contributed by atoms with van der Waals surface area (Å²) in [6.45, 7) is 1.00. The van der Waals surface area contributed by atoms with Gasteiger partial charge in [-0.25, -0.2) is 0 Å². The zero-order valence-corrected chi connectivity index (χ0v) is 19.3. The molecule has 2 heterocycles. The van der Waals surface area contributed by atoms with Crippen LogP contribution in [-0.2, 0) is 22.4 Å². The molecule has 1 aliphatic carbocycles. The van der Waals surface area contributed by atoms with Gasteiger partial charge >= 0.3 is 0 Å². The van der Waals surface area contributed by atoms with E-state index in [0.29, 0.717) is 32.9 Å². The highest BCUT2D eigenvalue weighted by atomic mass is 35.5. The number of aryl methyl sites for hydroxylation is 1. The Balaban J connectivity index is 1.44. The van der Waals surface area contributed by atoms with Gasteiger partial charge in [0.25, 0.3) is 11.8 Å². The van der Waals surface area contributed by atoms with Crippen LogP contribution < -0.4 is 15.4 Å². The first-order valence-corrected chi connectivity index (χ1v) is 12.0. The maximum absolute atomic E-state index is 13.0. The zero-order chi connectivity index (χ0) is 21.8. The van der Waals surface area contributed by atoms with E-state index in [4.69, 9.17) is 32.7 Å². The second kappa shape index (κ2) is 10.2. The molecule has 31 heavy (non-hydrogen) atoms. The summed E-state index contributed by atoms with van der Waals surface area (Å²) in [6, 6.07) is 4.82. The second-order valence-corrected chi connectivity index (χ2v) is 9.62. The molecule has 1 aromatic carbocycles. The van der Waals surface area contributed by atoms with E-state index in [1.807, 2.05) is 0 Å². The van der Waals surface area contributed by atoms with Gasteiger partial charge in [-0.05, 0) is 62.3 Å². The largest absolute Gasteiger partial charge is 0.482 e. The number of hydrogen-bond acceptors (Lipinski definition) is 5. The molecule has 2 N–H and O–H groups in total. The van der Waals surface area contributed by atoms with E-state index in [2.05, 4.69) is 10.6 Å². The third-order valence-electron chi connectivity index (χ3n) is 5.42. The molecule has 2 aromatic rings. The van der Waals surface area contributed by atoms with Crippen LogP contribution >= 0.6 is 34.5 Å². The first-order valence-electron chi connectivity index (χ1n) is 10.4. The molecule has 4 rings (SSSR count). The molecule has 0 saturated carbocycles. The Labute approximate surface area is 195 Å². The number of nitrogens with one attached hydrogen (secondary N) is 2. The van der Waals surface area contributed by atoms with E-state index in [0.717, 1.165) is 50.7 Å². The molecule has 2 amide bonds. The van der Waals surface area contributed by atoms with Gasteiger partial charge in [0.2, 0.25) is 0 Å². The summed E-state index contributed by atoms with van der Waals surface area (Å²) in [4.78, 5) is 26.8. The number of thiophene rings is 1. The number of carbonyl (C=O) groups is 2. The number of rotatable bonds is 7. The van der Waals surface area contributed by atoms with Crippen molar-refractivity contribution in [1.29, 1.82) is 0 Å². The smallest absolute Gasteiger partial charge is 0.262 e. The van der Waals surface area contributed by atoms with E-state index in [1.165, 1.54) is 16.2 Å². The van der Waals surface area contributed by atoms with Gasteiger partial charge in [-0.2, -0.15) is 0 Å². The number of carbonyl (C=O) groups excluding carboxylic acids is 2. The number of fused-ring (bicyclic) bond motifs is 1. The Morgan fingerprint density at radius 2 is 2.03 bits per heavy atom. The average Bonchev–Trinajstić information content (AvgIpc) is 3.39. The molecule has 2 aliphatic rings. The third-order valence-corrected chi connectivity index (χ3v) is 7.16. The SMILES string of the molecule is O=C(COc1ccc(Cl)cc1Cl)Nc1sc2c(c1C(=O)NC[C@H]1CCCO1)CCCC2. The van der Waals surface area contributed by atoms with Crippen LogP contribution in [-0.4, -0.2) is 37.7 Å². The van der Waals surface area contributed by atoms with E-state index in [9.17, 15) is 9.59 Å². The number of anilines is 1. The van der Waals surface area contributed by atoms with Crippen molar-refractivity contribution in [3.8, 4) is 5.75 Å². The van der Waals surface area contributed by atoms with Crippen LogP contribution in [0.25, 0.3) is 0 Å². The van der Waals surface area contributed by atoms with Crippen LogP contribution in [0.5, 0.6) is 5.75 Å². The second-order valence-electron chi connectivity index (χ2n) is 7.67. The van der Waals surface area contributed by atoms with Crippen LogP contribution in [0.15, 0.2) is 18.2 Å². The lowest BCUT2D eigenvalue weighted by Gasteiger charge is -2.15. The van der Waals surface area contributed by atoms with Gasteiger partial charge in [-0.3, -0.25) is 9.59 Å². The Bertz CT molecular complexity index is 973. The number of benzene rings is 1. The van der Waals surface area contributed by atoms with Crippen molar-refractivity contribution in [3.05, 3.63) is 44.2 Å². The summed E-state index contributed by atoms with van der Waals surface area (Å²) in [7, 11) is 0. The van der Waals surface area contributed by atoms with Crippen molar-refractivity contribution in [3.63, 3.8) is 0 Å². The highest BCUT2D eigenvalue weighted by molar-refractivity contribution is 7.17. The fourth-order valence-electron chi connectivity index (χ4n) is 3.89. The molecule has 166 valence electrons. The first-order chi connectivity index (χ1) is 15.0. The van der Waals surface area contributed by atoms with E-state index in [1.54, 1.807) is 18.2 Å². The van der Waals surface area contributed by atoms with Crippen molar-refractivity contribution < 1.29 is 19.1 Å². The van der Waals surface area contributed by atoms with E-state index < -0.39 is 0 Å². The topological polar surface area (TPSA) is 76.7 Å². The van der Waals surface area contributed by atoms with E-state index >= 15 is 0 Å². The quantitative estimate of drug-likeness (QED) is 0.590. The molecule has 6 nitrogen and oxygen atoms in total. The lowest BCUT2D eigenvalue weighted by molar-refractivity contribution is -0.118. The minimum Gasteiger partial charge on any atom is -0.482 e. The summed E-state index contributed by atoms with van der Waals surface area (Å²) in [5, 5.41) is 7.26. The van der Waals surface area contributed by atoms with Gasteiger partial charge < -0.3 is 20.1 Å². The molecule has 0 bridgehead atoms. The molecule has 1 fully saturated rings. The normalized spacial score (nSPS) is 17.8. The van der Waals surface area contributed by atoms with Gasteiger partial charge in [0.15, 0.2) is 6.61 Å². The fraction of sp³-hybridized carbons (Fsp3) is 0.455. The maximum atomic E-state index is 13.0. The summed E-state index contributed by atoms with van der Waals surface area (Å²) in [6.07, 6.45) is 5.95. The molecule has 1 aliphatic heterocycles. The predicted octanol–water partition coefficient (Wildman–Crippen LogP) is 4.86. The Hall–Kier alpha value is -1.80. The predicted molar refractivity (Wildman–Crippen MR) is 123 cm³/mol. The van der Waals surface area contributed by atoms with Crippen LogP contribution in [0, 0.1) is 0 Å². The molecule has 1 atom stereocenters. The Kier molecular flexibility index (Phi) is 7.38. The fourth-order valence-corrected chi connectivity index (χ4v) is 5.66. The minimum absolute atomic E-state index is 0.0639. The summed E-state index contributed by atoms with van der Waals surface area (Å²) >= 11 is 13.5. The van der Waals surface area contributed by atoms with Crippen molar-refractivity contribution >= 4 is 51.4 Å². The molecule has 1 saturated heterocycles. The van der Waals surface area contributed by atoms with Gasteiger partial charge in [0.05, 0.1) is 16.7 Å². The standard InChI is InChI=1S/C22H24Cl2N2O4S/c23-13-7-8-17(16(24)10-13)30-12-19(27)26-22-20(15-5-1-2-6-18(15)31-22)21(28)25-11-14-4-3-9-29-14/h7-8,10,14H,1-6,9,11-12H2,(H,25,28)(H,26,27)/t14-/m1/s1. The molecule has 0 unspecified atom stereocenters. The van der Waals surface area contributed by atoms with E-state index in [-0.39, 0.29) is 24.5 Å². The summed E-state index contributed by atoms with van der Waals surface area (Å²) in [5.41, 5.74) is 1.63. The van der Waals surface area contributed by atoms with Crippen molar-refractivity contribution in [2.24, 2.45) is 0 Å². The van der Waals surface area contributed by atoms with Crippen LogP contribution in [0.1, 0.15) is 46.5 Å². The summed E-state index contributed by atoms with van der Waals surface area (Å²) in [5.74, 6) is -0.133. The molecule has 0 spiro atoms. The molecule has 1 aromatic heterocycles. The molecule has 9 heteroatoms. The highest BCUT2D eigenvalue weighted by Gasteiger charge is 2.27. The average molecular weight is 483 g/mol. The number of hydrogen-bond donors (Lipinski definition) is 2. The van der Waals surface area contributed by atoms with Crippen molar-refractivity contribution in [2.45, 2.75) is 44.6 Å². The number of ether oxygens (including phenoxy) is 2. The van der Waals surface area contributed by atoms with Crippen LogP contribution in [0.2, 0.25) is 10.0 Å². The van der Waals surface area contributed by atoms with Gasteiger partial charge in [0, 0.05) is 23.1 Å². The van der Waals surface area contributed by atoms with Gasteiger partial charge in [-0.1, -0.05) is 23.2 Å². The highest BCUT2D eigenvalue weighted by Crippen LogP contribution is 2.38. The van der Waals surface area contributed by atoms with Crippen molar-refractivity contribution in [2.75, 3.05) is 25.1 Å².